The monoisotopic (exact) mass is 293 g/mol. The van der Waals surface area contributed by atoms with Crippen molar-refractivity contribution in [2.75, 3.05) is 25.2 Å². The minimum absolute atomic E-state index is 0.714. The van der Waals surface area contributed by atoms with Gasteiger partial charge in [-0.05, 0) is 61.3 Å². The summed E-state index contributed by atoms with van der Waals surface area (Å²) in [6.07, 6.45) is 5.14. The van der Waals surface area contributed by atoms with Crippen LogP contribution in [-0.2, 0) is 6.42 Å². The summed E-state index contributed by atoms with van der Waals surface area (Å²) in [4.78, 5) is 0. The van der Waals surface area contributed by atoms with Crippen LogP contribution in [0.4, 0.5) is 0 Å². The topological polar surface area (TPSA) is 21.3 Å². The lowest BCUT2D eigenvalue weighted by Gasteiger charge is -2.19. The molecule has 1 aliphatic carbocycles. The van der Waals surface area contributed by atoms with Gasteiger partial charge in [-0.25, -0.2) is 0 Å². The summed E-state index contributed by atoms with van der Waals surface area (Å²) in [5.74, 6) is 4.23. The Bertz CT molecular complexity index is 392. The van der Waals surface area contributed by atoms with Crippen LogP contribution in [0.3, 0.4) is 0 Å². The number of para-hydroxylation sites is 1. The lowest BCUT2D eigenvalue weighted by atomic mass is 9.96. The molecule has 0 heterocycles. The van der Waals surface area contributed by atoms with Crippen LogP contribution in [0.25, 0.3) is 0 Å². The first-order valence-corrected chi connectivity index (χ1v) is 8.92. The van der Waals surface area contributed by atoms with Crippen molar-refractivity contribution < 1.29 is 4.74 Å². The molecule has 1 aromatic rings. The van der Waals surface area contributed by atoms with E-state index in [2.05, 4.69) is 30.4 Å². The lowest BCUT2D eigenvalue weighted by Crippen LogP contribution is -2.26. The highest BCUT2D eigenvalue weighted by molar-refractivity contribution is 7.99. The Balaban J connectivity index is 1.89. The zero-order chi connectivity index (χ0) is 14.2. The van der Waals surface area contributed by atoms with E-state index in [-0.39, 0.29) is 0 Å². The number of methoxy groups -OCH3 is 1. The van der Waals surface area contributed by atoms with Crippen molar-refractivity contribution in [2.45, 2.75) is 38.6 Å². The van der Waals surface area contributed by atoms with Gasteiger partial charge in [-0.1, -0.05) is 25.1 Å². The number of hydrogen-bond acceptors (Lipinski definition) is 3. The van der Waals surface area contributed by atoms with E-state index in [9.17, 15) is 0 Å². The number of nitrogens with one attached hydrogen (secondary N) is 1. The van der Waals surface area contributed by atoms with Gasteiger partial charge >= 0.3 is 0 Å². The van der Waals surface area contributed by atoms with Crippen LogP contribution in [-0.4, -0.2) is 31.2 Å². The van der Waals surface area contributed by atoms with Crippen molar-refractivity contribution in [3.63, 3.8) is 0 Å². The van der Waals surface area contributed by atoms with E-state index >= 15 is 0 Å². The van der Waals surface area contributed by atoms with Crippen molar-refractivity contribution in [3.05, 3.63) is 29.8 Å². The molecule has 0 aromatic heterocycles. The summed E-state index contributed by atoms with van der Waals surface area (Å²) in [5, 5.41) is 3.69. The van der Waals surface area contributed by atoms with Crippen molar-refractivity contribution in [3.8, 4) is 5.75 Å². The molecular weight excluding hydrogens is 266 g/mol. The van der Waals surface area contributed by atoms with Gasteiger partial charge in [0.25, 0.3) is 0 Å². The molecule has 20 heavy (non-hydrogen) atoms. The number of benzene rings is 1. The number of ether oxygens (including phenoxy) is 1. The van der Waals surface area contributed by atoms with Crippen LogP contribution >= 0.6 is 11.8 Å². The van der Waals surface area contributed by atoms with Crippen LogP contribution < -0.4 is 10.1 Å². The van der Waals surface area contributed by atoms with E-state index < -0.39 is 0 Å². The quantitative estimate of drug-likeness (QED) is 0.664. The average molecular weight is 293 g/mol. The number of rotatable bonds is 10. The summed E-state index contributed by atoms with van der Waals surface area (Å²) in [6, 6.07) is 9.24. The minimum Gasteiger partial charge on any atom is -0.496 e. The third kappa shape index (κ3) is 5.37. The highest BCUT2D eigenvalue weighted by Gasteiger charge is 2.22. The largest absolute Gasteiger partial charge is 0.496 e. The Labute approximate surface area is 127 Å². The zero-order valence-corrected chi connectivity index (χ0v) is 13.5. The summed E-state index contributed by atoms with van der Waals surface area (Å²) >= 11 is 2.05. The van der Waals surface area contributed by atoms with Crippen molar-refractivity contribution in [1.29, 1.82) is 0 Å². The Hall–Kier alpha value is -0.670. The molecule has 1 aliphatic rings. The van der Waals surface area contributed by atoms with Crippen molar-refractivity contribution >= 4 is 11.8 Å². The molecule has 1 saturated carbocycles. The Morgan fingerprint density at radius 1 is 1.35 bits per heavy atom. The van der Waals surface area contributed by atoms with Gasteiger partial charge in [0, 0.05) is 6.04 Å². The van der Waals surface area contributed by atoms with Crippen LogP contribution in [0.2, 0.25) is 0 Å². The molecule has 0 saturated heterocycles. The van der Waals surface area contributed by atoms with Crippen LogP contribution in [0.15, 0.2) is 24.3 Å². The second kappa shape index (κ2) is 8.58. The van der Waals surface area contributed by atoms with E-state index in [1.54, 1.807) is 7.11 Å². The summed E-state index contributed by atoms with van der Waals surface area (Å²) in [7, 11) is 1.77. The molecule has 2 rings (SSSR count). The van der Waals surface area contributed by atoms with Crippen LogP contribution in [0.1, 0.15) is 31.7 Å². The molecule has 0 spiro atoms. The smallest absolute Gasteiger partial charge is 0.122 e. The lowest BCUT2D eigenvalue weighted by molar-refractivity contribution is 0.399. The van der Waals surface area contributed by atoms with E-state index in [1.807, 2.05) is 17.8 Å². The number of thioether (sulfide) groups is 1. The maximum atomic E-state index is 5.48. The summed E-state index contributed by atoms with van der Waals surface area (Å²) < 4.78 is 5.48. The first kappa shape index (κ1) is 15.7. The highest BCUT2D eigenvalue weighted by Crippen LogP contribution is 2.24. The molecule has 1 N–H and O–H groups in total. The fraction of sp³-hybridized carbons (Fsp3) is 0.647. The average Bonchev–Trinajstić information content (AvgIpc) is 3.29. The molecule has 0 bridgehead atoms. The van der Waals surface area contributed by atoms with E-state index in [0.29, 0.717) is 5.92 Å². The van der Waals surface area contributed by atoms with Gasteiger partial charge in [-0.2, -0.15) is 11.8 Å². The van der Waals surface area contributed by atoms with Gasteiger partial charge in [-0.3, -0.25) is 0 Å². The van der Waals surface area contributed by atoms with E-state index in [0.717, 1.165) is 24.8 Å². The molecule has 1 unspecified atom stereocenters. The fourth-order valence-electron chi connectivity index (χ4n) is 2.47. The normalized spacial score (nSPS) is 16.1. The van der Waals surface area contributed by atoms with Gasteiger partial charge < -0.3 is 10.1 Å². The Morgan fingerprint density at radius 2 is 2.15 bits per heavy atom. The second-order valence-electron chi connectivity index (χ2n) is 5.55. The minimum atomic E-state index is 0.714. The molecule has 1 atom stereocenters. The molecule has 0 radical (unpaired) electrons. The molecule has 2 nitrogen and oxygen atoms in total. The Kier molecular flexibility index (Phi) is 6.74. The van der Waals surface area contributed by atoms with Crippen molar-refractivity contribution in [1.82, 2.24) is 5.32 Å². The zero-order valence-electron chi connectivity index (χ0n) is 12.7. The van der Waals surface area contributed by atoms with Gasteiger partial charge in [0.2, 0.25) is 0 Å². The fourth-order valence-corrected chi connectivity index (χ4v) is 3.26. The molecule has 1 aromatic carbocycles. The third-order valence-electron chi connectivity index (χ3n) is 3.85. The van der Waals surface area contributed by atoms with E-state index in [1.165, 1.54) is 36.3 Å². The van der Waals surface area contributed by atoms with E-state index in [4.69, 9.17) is 4.74 Å². The van der Waals surface area contributed by atoms with Gasteiger partial charge in [0.1, 0.15) is 5.75 Å². The maximum absolute atomic E-state index is 5.48. The molecule has 3 heteroatoms. The molecular formula is C17H27NOS. The Morgan fingerprint density at radius 3 is 2.85 bits per heavy atom. The van der Waals surface area contributed by atoms with Gasteiger partial charge in [0.05, 0.1) is 7.11 Å². The SMILES string of the molecule is CCSCCC(CNC1CC1)Cc1ccccc1OC. The predicted molar refractivity (Wildman–Crippen MR) is 88.8 cm³/mol. The second-order valence-corrected chi connectivity index (χ2v) is 6.94. The summed E-state index contributed by atoms with van der Waals surface area (Å²) in [5.41, 5.74) is 1.35. The third-order valence-corrected chi connectivity index (χ3v) is 4.78. The number of hydrogen-bond donors (Lipinski definition) is 1. The molecule has 1 fully saturated rings. The molecule has 112 valence electrons. The summed E-state index contributed by atoms with van der Waals surface area (Å²) in [6.45, 7) is 3.38. The molecule has 0 aliphatic heterocycles. The van der Waals surface area contributed by atoms with Crippen LogP contribution in [0, 0.1) is 5.92 Å². The highest BCUT2D eigenvalue weighted by atomic mass is 32.2. The predicted octanol–water partition coefficient (Wildman–Crippen LogP) is 3.75. The van der Waals surface area contributed by atoms with Gasteiger partial charge in [-0.15, -0.1) is 0 Å². The first-order valence-electron chi connectivity index (χ1n) is 7.76. The molecule has 0 amide bonds. The van der Waals surface area contributed by atoms with Crippen LogP contribution in [0.5, 0.6) is 5.75 Å². The first-order chi connectivity index (χ1) is 9.83. The maximum Gasteiger partial charge on any atom is 0.122 e. The standard InChI is InChI=1S/C17H27NOS/c1-3-20-11-10-14(13-18-16-8-9-16)12-15-6-4-5-7-17(15)19-2/h4-7,14,16,18H,3,8-13H2,1-2H3. The van der Waals surface area contributed by atoms with Crippen molar-refractivity contribution in [2.24, 2.45) is 5.92 Å². The van der Waals surface area contributed by atoms with Gasteiger partial charge in [0.15, 0.2) is 0 Å².